The second kappa shape index (κ2) is 7.44. The van der Waals surface area contributed by atoms with E-state index in [1.54, 1.807) is 12.1 Å². The van der Waals surface area contributed by atoms with Gasteiger partial charge in [0.25, 0.3) is 0 Å². The lowest BCUT2D eigenvalue weighted by Crippen LogP contribution is -2.02. The molecule has 0 aliphatic heterocycles. The molecule has 0 radical (unpaired) electrons. The average Bonchev–Trinajstić information content (AvgIpc) is 2.26. The maximum absolute atomic E-state index is 6.05. The van der Waals surface area contributed by atoms with E-state index in [0.29, 0.717) is 33.5 Å². The van der Waals surface area contributed by atoms with Gasteiger partial charge < -0.3 is 4.52 Å². The van der Waals surface area contributed by atoms with Crippen molar-refractivity contribution in [3.63, 3.8) is 0 Å². The fourth-order valence-electron chi connectivity index (χ4n) is 1.10. The Bertz CT molecular complexity index is 463. The summed E-state index contributed by atoms with van der Waals surface area (Å²) in [7, 11) is 0. The summed E-state index contributed by atoms with van der Waals surface area (Å²) in [5.74, 6) is 0.357. The van der Waals surface area contributed by atoms with Crippen molar-refractivity contribution in [3.05, 3.63) is 26.7 Å². The fourth-order valence-corrected chi connectivity index (χ4v) is 4.06. The molecule has 0 aliphatic rings. The van der Waals surface area contributed by atoms with E-state index in [9.17, 15) is 0 Å². The van der Waals surface area contributed by atoms with E-state index in [4.69, 9.17) is 48.6 Å². The van der Waals surface area contributed by atoms with Crippen LogP contribution in [0.1, 0.15) is 13.8 Å². The normalized spacial score (nSPS) is 11.6. The number of hydrogen-bond donors (Lipinski definition) is 0. The van der Waals surface area contributed by atoms with E-state index in [-0.39, 0.29) is 0 Å². The summed E-state index contributed by atoms with van der Waals surface area (Å²) in [4.78, 5) is 0. The van der Waals surface area contributed by atoms with E-state index < -0.39 is 6.72 Å². The number of rotatable bonds is 6. The quantitative estimate of drug-likeness (QED) is 0.475. The van der Waals surface area contributed by atoms with Gasteiger partial charge in [-0.15, -0.1) is 0 Å². The standard InChI is InChI=1S/C10H12BrCl2O3PS/c1-3-14-17(18,15-4-2)16-10-6-8(12)7(11)5-9(10)13/h5-6H,3-4H2,1-2H3. The molecule has 1 rings (SSSR count). The SMILES string of the molecule is CCOP(=S)(OCC)Oc1cc(Cl)c(Br)cc1Cl. The van der Waals surface area contributed by atoms with Gasteiger partial charge in [0.1, 0.15) is 5.75 Å². The summed E-state index contributed by atoms with van der Waals surface area (Å²) in [5, 5.41) is 0.865. The maximum Gasteiger partial charge on any atom is 0.380 e. The lowest BCUT2D eigenvalue weighted by atomic mass is 10.3. The summed E-state index contributed by atoms with van der Waals surface area (Å²) in [6, 6.07) is 3.21. The minimum Gasteiger partial charge on any atom is -0.422 e. The molecule has 0 saturated carbocycles. The number of benzene rings is 1. The van der Waals surface area contributed by atoms with Crippen molar-refractivity contribution in [3.8, 4) is 5.75 Å². The lowest BCUT2D eigenvalue weighted by molar-refractivity contribution is 0.218. The van der Waals surface area contributed by atoms with Gasteiger partial charge in [-0.2, -0.15) is 0 Å². The van der Waals surface area contributed by atoms with E-state index in [2.05, 4.69) is 15.9 Å². The van der Waals surface area contributed by atoms with Crippen LogP contribution in [-0.4, -0.2) is 13.2 Å². The molecule has 1 aromatic rings. The molecule has 0 amide bonds. The van der Waals surface area contributed by atoms with Crippen molar-refractivity contribution in [2.75, 3.05) is 13.2 Å². The summed E-state index contributed by atoms with van der Waals surface area (Å²) in [5.41, 5.74) is 0. The van der Waals surface area contributed by atoms with E-state index in [0.717, 1.165) is 0 Å². The highest BCUT2D eigenvalue weighted by Gasteiger charge is 2.23. The van der Waals surface area contributed by atoms with Crippen LogP contribution in [0, 0.1) is 0 Å². The molecule has 0 atom stereocenters. The van der Waals surface area contributed by atoms with Crippen LogP contribution in [0.5, 0.6) is 5.75 Å². The zero-order chi connectivity index (χ0) is 13.8. The molecule has 0 unspecified atom stereocenters. The molecule has 1 aromatic carbocycles. The first kappa shape index (κ1) is 16.7. The highest BCUT2D eigenvalue weighted by molar-refractivity contribution is 9.10. The zero-order valence-corrected chi connectivity index (χ0v) is 14.6. The summed E-state index contributed by atoms with van der Waals surface area (Å²) < 4.78 is 17.0. The molecule has 0 spiro atoms. The molecule has 0 bridgehead atoms. The van der Waals surface area contributed by atoms with E-state index >= 15 is 0 Å². The van der Waals surface area contributed by atoms with Gasteiger partial charge in [0, 0.05) is 22.3 Å². The van der Waals surface area contributed by atoms with Gasteiger partial charge in [0.2, 0.25) is 0 Å². The van der Waals surface area contributed by atoms with Crippen LogP contribution in [0.4, 0.5) is 0 Å². The van der Waals surface area contributed by atoms with E-state index in [1.165, 1.54) is 0 Å². The molecule has 0 fully saturated rings. The van der Waals surface area contributed by atoms with Crippen LogP contribution in [0.15, 0.2) is 16.6 Å². The Kier molecular flexibility index (Phi) is 6.90. The second-order valence-corrected chi connectivity index (χ2v) is 7.67. The van der Waals surface area contributed by atoms with Crippen molar-refractivity contribution in [1.29, 1.82) is 0 Å². The first-order valence-corrected chi connectivity index (χ1v) is 9.25. The Morgan fingerprint density at radius 1 is 1.17 bits per heavy atom. The van der Waals surface area contributed by atoms with Gasteiger partial charge >= 0.3 is 6.72 Å². The molecule has 102 valence electrons. The second-order valence-electron chi connectivity index (χ2n) is 3.07. The number of halogens is 3. The van der Waals surface area contributed by atoms with Crippen molar-refractivity contribution in [1.82, 2.24) is 0 Å². The fraction of sp³-hybridized carbons (Fsp3) is 0.400. The Hall–Kier alpha value is 0.650. The van der Waals surface area contributed by atoms with Crippen LogP contribution in [-0.2, 0) is 20.9 Å². The molecular formula is C10H12BrCl2O3PS. The van der Waals surface area contributed by atoms with Gasteiger partial charge in [0.05, 0.1) is 23.3 Å². The van der Waals surface area contributed by atoms with Crippen molar-refractivity contribution >= 4 is 57.7 Å². The summed E-state index contributed by atoms with van der Waals surface area (Å²) in [6.07, 6.45) is 0. The Labute approximate surface area is 130 Å². The van der Waals surface area contributed by atoms with Gasteiger partial charge in [0.15, 0.2) is 0 Å². The minimum atomic E-state index is -2.83. The van der Waals surface area contributed by atoms with Crippen molar-refractivity contribution < 1.29 is 13.6 Å². The molecule has 0 aliphatic carbocycles. The third-order valence-electron chi connectivity index (χ3n) is 1.76. The molecule has 18 heavy (non-hydrogen) atoms. The molecule has 8 heteroatoms. The molecule has 0 aromatic heterocycles. The smallest absolute Gasteiger partial charge is 0.380 e. The predicted molar refractivity (Wildman–Crippen MR) is 82.3 cm³/mol. The minimum absolute atomic E-state index is 0.357. The van der Waals surface area contributed by atoms with Crippen LogP contribution in [0.25, 0.3) is 0 Å². The Morgan fingerprint density at radius 2 is 1.72 bits per heavy atom. The molecular weight excluding hydrogens is 382 g/mol. The third kappa shape index (κ3) is 4.64. The Morgan fingerprint density at radius 3 is 2.22 bits per heavy atom. The Balaban J connectivity index is 3.01. The molecule has 0 N–H and O–H groups in total. The van der Waals surface area contributed by atoms with Gasteiger partial charge in [-0.25, -0.2) is 0 Å². The lowest BCUT2D eigenvalue weighted by Gasteiger charge is -2.21. The number of hydrogen-bond acceptors (Lipinski definition) is 4. The molecule has 0 heterocycles. The molecule has 3 nitrogen and oxygen atoms in total. The van der Waals surface area contributed by atoms with Gasteiger partial charge in [-0.3, -0.25) is 9.05 Å². The van der Waals surface area contributed by atoms with Crippen molar-refractivity contribution in [2.24, 2.45) is 0 Å². The highest BCUT2D eigenvalue weighted by atomic mass is 79.9. The topological polar surface area (TPSA) is 27.7 Å². The third-order valence-corrected chi connectivity index (χ3v) is 5.68. The zero-order valence-electron chi connectivity index (χ0n) is 9.78. The maximum atomic E-state index is 6.05. The van der Waals surface area contributed by atoms with Crippen LogP contribution in [0.3, 0.4) is 0 Å². The van der Waals surface area contributed by atoms with Gasteiger partial charge in [-0.1, -0.05) is 23.2 Å². The monoisotopic (exact) mass is 392 g/mol. The summed E-state index contributed by atoms with van der Waals surface area (Å²) >= 11 is 20.6. The predicted octanol–water partition coefficient (Wildman–Crippen LogP) is 5.43. The average molecular weight is 394 g/mol. The largest absolute Gasteiger partial charge is 0.422 e. The van der Waals surface area contributed by atoms with Crippen LogP contribution < -0.4 is 4.52 Å². The highest BCUT2D eigenvalue weighted by Crippen LogP contribution is 2.51. The van der Waals surface area contributed by atoms with Crippen molar-refractivity contribution in [2.45, 2.75) is 13.8 Å². The molecule has 0 saturated heterocycles. The van der Waals surface area contributed by atoms with Crippen LogP contribution >= 0.6 is 45.9 Å². The summed E-state index contributed by atoms with van der Waals surface area (Å²) in [6.45, 7) is 1.61. The van der Waals surface area contributed by atoms with E-state index in [1.807, 2.05) is 13.8 Å². The first-order valence-electron chi connectivity index (χ1n) is 5.15. The first-order chi connectivity index (χ1) is 8.41. The van der Waals surface area contributed by atoms with Gasteiger partial charge in [-0.05, 0) is 35.8 Å². The van der Waals surface area contributed by atoms with Crippen LogP contribution in [0.2, 0.25) is 10.0 Å².